The molecular weight excluding hydrogens is 274 g/mol. The second-order valence-electron chi connectivity index (χ2n) is 4.49. The molecule has 0 saturated carbocycles. The van der Waals surface area contributed by atoms with Crippen molar-refractivity contribution in [1.82, 2.24) is 9.78 Å². The lowest BCUT2D eigenvalue weighted by Gasteiger charge is -2.18. The largest absolute Gasteiger partial charge is 0.486 e. The molecule has 108 valence electrons. The molecule has 0 atom stereocenters. The molecule has 0 aliphatic carbocycles. The van der Waals surface area contributed by atoms with E-state index in [0.29, 0.717) is 30.4 Å². The number of nitrogens with one attached hydrogen (secondary N) is 1. The van der Waals surface area contributed by atoms with E-state index in [1.165, 1.54) is 19.2 Å². The minimum Gasteiger partial charge on any atom is -0.486 e. The van der Waals surface area contributed by atoms with Crippen molar-refractivity contribution in [3.05, 3.63) is 46.4 Å². The maximum Gasteiger partial charge on any atom is 0.276 e. The van der Waals surface area contributed by atoms with Gasteiger partial charge in [0.1, 0.15) is 18.9 Å². The number of ether oxygens (including phenoxy) is 2. The highest BCUT2D eigenvalue weighted by molar-refractivity contribution is 6.02. The van der Waals surface area contributed by atoms with Gasteiger partial charge in [-0.1, -0.05) is 0 Å². The SMILES string of the molecule is Cn1nc(C(=O)Nc2ccc3c(c2)OCCO3)ccc1=O. The van der Waals surface area contributed by atoms with E-state index in [-0.39, 0.29) is 11.3 Å². The zero-order valence-corrected chi connectivity index (χ0v) is 11.3. The van der Waals surface area contributed by atoms with E-state index in [1.807, 2.05) is 0 Å². The molecule has 2 heterocycles. The Morgan fingerprint density at radius 3 is 2.71 bits per heavy atom. The Hall–Kier alpha value is -2.83. The van der Waals surface area contributed by atoms with Gasteiger partial charge in [-0.25, -0.2) is 4.68 Å². The number of carbonyl (C=O) groups excluding carboxylic acids is 1. The molecule has 3 rings (SSSR count). The van der Waals surface area contributed by atoms with E-state index in [4.69, 9.17) is 9.47 Å². The van der Waals surface area contributed by atoms with Crippen LogP contribution in [0.3, 0.4) is 0 Å². The van der Waals surface area contributed by atoms with Crippen molar-refractivity contribution in [2.75, 3.05) is 18.5 Å². The first-order chi connectivity index (χ1) is 10.1. The normalized spacial score (nSPS) is 12.8. The lowest BCUT2D eigenvalue weighted by atomic mass is 10.2. The highest BCUT2D eigenvalue weighted by Crippen LogP contribution is 2.32. The quantitative estimate of drug-likeness (QED) is 0.883. The van der Waals surface area contributed by atoms with Gasteiger partial charge < -0.3 is 14.8 Å². The fraction of sp³-hybridized carbons (Fsp3) is 0.214. The maximum atomic E-state index is 12.1. The van der Waals surface area contributed by atoms with E-state index in [0.717, 1.165) is 4.68 Å². The molecule has 1 aromatic heterocycles. The minimum atomic E-state index is -0.401. The smallest absolute Gasteiger partial charge is 0.276 e. The molecule has 7 nitrogen and oxygen atoms in total. The molecule has 0 fully saturated rings. The minimum absolute atomic E-state index is 0.159. The zero-order valence-electron chi connectivity index (χ0n) is 11.3. The number of carbonyl (C=O) groups is 1. The number of anilines is 1. The summed E-state index contributed by atoms with van der Waals surface area (Å²) in [6.45, 7) is 0.993. The molecule has 1 amide bonds. The summed E-state index contributed by atoms with van der Waals surface area (Å²) in [7, 11) is 1.49. The van der Waals surface area contributed by atoms with Gasteiger partial charge in [0.15, 0.2) is 11.5 Å². The fourth-order valence-corrected chi connectivity index (χ4v) is 1.94. The van der Waals surface area contributed by atoms with Crippen molar-refractivity contribution in [2.45, 2.75) is 0 Å². The van der Waals surface area contributed by atoms with Gasteiger partial charge in [0.2, 0.25) is 0 Å². The Labute approximate surface area is 120 Å². The lowest BCUT2D eigenvalue weighted by Crippen LogP contribution is -2.23. The number of hydrogen-bond donors (Lipinski definition) is 1. The number of rotatable bonds is 2. The van der Waals surface area contributed by atoms with Gasteiger partial charge in [-0.2, -0.15) is 5.10 Å². The first-order valence-corrected chi connectivity index (χ1v) is 6.39. The van der Waals surface area contributed by atoms with Crippen LogP contribution in [0.1, 0.15) is 10.5 Å². The molecule has 1 N–H and O–H groups in total. The number of amides is 1. The Kier molecular flexibility index (Phi) is 3.31. The molecule has 0 bridgehead atoms. The number of hydrogen-bond acceptors (Lipinski definition) is 5. The maximum absolute atomic E-state index is 12.1. The van der Waals surface area contributed by atoms with Crippen LogP contribution in [0.15, 0.2) is 35.1 Å². The van der Waals surface area contributed by atoms with Crippen molar-refractivity contribution in [2.24, 2.45) is 7.05 Å². The monoisotopic (exact) mass is 287 g/mol. The summed E-state index contributed by atoms with van der Waals surface area (Å²) >= 11 is 0. The van der Waals surface area contributed by atoms with Gasteiger partial charge in [0.25, 0.3) is 11.5 Å². The van der Waals surface area contributed by atoms with Crippen LogP contribution in [0, 0.1) is 0 Å². The van der Waals surface area contributed by atoms with Gasteiger partial charge in [-0.05, 0) is 18.2 Å². The van der Waals surface area contributed by atoms with Crippen molar-refractivity contribution in [3.8, 4) is 11.5 Å². The van der Waals surface area contributed by atoms with Gasteiger partial charge in [-0.15, -0.1) is 0 Å². The van der Waals surface area contributed by atoms with Crippen LogP contribution in [0.2, 0.25) is 0 Å². The number of fused-ring (bicyclic) bond motifs is 1. The van der Waals surface area contributed by atoms with Gasteiger partial charge in [-0.3, -0.25) is 9.59 Å². The molecule has 1 aromatic carbocycles. The van der Waals surface area contributed by atoms with Crippen molar-refractivity contribution in [1.29, 1.82) is 0 Å². The number of benzene rings is 1. The first-order valence-electron chi connectivity index (χ1n) is 6.39. The summed E-state index contributed by atoms with van der Waals surface area (Å²) in [6.07, 6.45) is 0. The average molecular weight is 287 g/mol. The second kappa shape index (κ2) is 5.28. The van der Waals surface area contributed by atoms with E-state index >= 15 is 0 Å². The van der Waals surface area contributed by atoms with Crippen molar-refractivity contribution >= 4 is 11.6 Å². The van der Waals surface area contributed by atoms with Gasteiger partial charge in [0.05, 0.1) is 0 Å². The Morgan fingerprint density at radius 2 is 1.95 bits per heavy atom. The molecule has 7 heteroatoms. The van der Waals surface area contributed by atoms with Crippen LogP contribution in [0.4, 0.5) is 5.69 Å². The average Bonchev–Trinajstić information content (AvgIpc) is 2.50. The van der Waals surface area contributed by atoms with Crippen molar-refractivity contribution < 1.29 is 14.3 Å². The molecule has 21 heavy (non-hydrogen) atoms. The Balaban J connectivity index is 1.81. The van der Waals surface area contributed by atoms with E-state index in [2.05, 4.69) is 10.4 Å². The lowest BCUT2D eigenvalue weighted by molar-refractivity contribution is 0.102. The van der Waals surface area contributed by atoms with Crippen LogP contribution in [0.25, 0.3) is 0 Å². The number of nitrogens with zero attached hydrogens (tertiary/aromatic N) is 2. The summed E-state index contributed by atoms with van der Waals surface area (Å²) in [5.41, 5.74) is 0.456. The molecule has 1 aliphatic heterocycles. The Bertz CT molecular complexity index is 754. The molecule has 0 spiro atoms. The standard InChI is InChI=1S/C14H13N3O4/c1-17-13(18)5-3-10(16-17)14(19)15-9-2-4-11-12(8-9)21-7-6-20-11/h2-5,8H,6-7H2,1H3,(H,15,19). The zero-order chi connectivity index (χ0) is 14.8. The highest BCUT2D eigenvalue weighted by Gasteiger charge is 2.14. The number of aryl methyl sites for hydroxylation is 1. The summed E-state index contributed by atoms with van der Waals surface area (Å²) in [4.78, 5) is 23.3. The van der Waals surface area contributed by atoms with E-state index in [9.17, 15) is 9.59 Å². The predicted octanol–water partition coefficient (Wildman–Crippen LogP) is 0.804. The molecular formula is C14H13N3O4. The predicted molar refractivity (Wildman–Crippen MR) is 74.9 cm³/mol. The van der Waals surface area contributed by atoms with Crippen LogP contribution in [-0.4, -0.2) is 28.9 Å². The molecule has 0 radical (unpaired) electrons. The summed E-state index contributed by atoms with van der Waals surface area (Å²) in [6, 6.07) is 7.82. The van der Waals surface area contributed by atoms with E-state index < -0.39 is 5.91 Å². The first kappa shape index (κ1) is 13.2. The summed E-state index contributed by atoms with van der Waals surface area (Å²) in [5.74, 6) is 0.842. The third kappa shape index (κ3) is 2.71. The molecule has 0 unspecified atom stereocenters. The van der Waals surface area contributed by atoms with Crippen LogP contribution >= 0.6 is 0 Å². The van der Waals surface area contributed by atoms with Crippen molar-refractivity contribution in [3.63, 3.8) is 0 Å². The van der Waals surface area contributed by atoms with Gasteiger partial charge >= 0.3 is 0 Å². The Morgan fingerprint density at radius 1 is 1.19 bits per heavy atom. The fourth-order valence-electron chi connectivity index (χ4n) is 1.94. The van der Waals surface area contributed by atoms with Crippen LogP contribution < -0.4 is 20.3 Å². The van der Waals surface area contributed by atoms with E-state index in [1.54, 1.807) is 18.2 Å². The third-order valence-electron chi connectivity index (χ3n) is 2.99. The summed E-state index contributed by atoms with van der Waals surface area (Å²) in [5, 5.41) is 6.60. The second-order valence-corrected chi connectivity index (χ2v) is 4.49. The number of aromatic nitrogens is 2. The highest BCUT2D eigenvalue weighted by atomic mass is 16.6. The van der Waals surface area contributed by atoms with Crippen LogP contribution in [-0.2, 0) is 7.05 Å². The third-order valence-corrected chi connectivity index (χ3v) is 2.99. The van der Waals surface area contributed by atoms with Gasteiger partial charge in [0, 0.05) is 24.9 Å². The molecule has 2 aromatic rings. The molecule has 1 aliphatic rings. The molecule has 0 saturated heterocycles. The topological polar surface area (TPSA) is 82.5 Å². The van der Waals surface area contributed by atoms with Crippen LogP contribution in [0.5, 0.6) is 11.5 Å². The summed E-state index contributed by atoms with van der Waals surface area (Å²) < 4.78 is 12.0.